The summed E-state index contributed by atoms with van der Waals surface area (Å²) in [6.07, 6.45) is 6.37. The van der Waals surface area contributed by atoms with Crippen LogP contribution in [0, 0.1) is 0 Å². The van der Waals surface area contributed by atoms with E-state index in [0.29, 0.717) is 21.7 Å². The third kappa shape index (κ3) is 3.42. The van der Waals surface area contributed by atoms with Gasteiger partial charge in [-0.15, -0.1) is 0 Å². The lowest BCUT2D eigenvalue weighted by Crippen LogP contribution is -2.35. The summed E-state index contributed by atoms with van der Waals surface area (Å²) in [6.45, 7) is 1.54. The Balaban J connectivity index is 1.83. The minimum Gasteiger partial charge on any atom is -0.339 e. The molecular formula is C18H17ClN2O2. The first-order valence-corrected chi connectivity index (χ1v) is 8.08. The Morgan fingerprint density at radius 1 is 0.957 bits per heavy atom. The average Bonchev–Trinajstić information content (AvgIpc) is 2.62. The Hall–Kier alpha value is -2.20. The zero-order chi connectivity index (χ0) is 16.2. The maximum atomic E-state index is 12.5. The second-order valence-corrected chi connectivity index (χ2v) is 6.02. The van der Waals surface area contributed by atoms with Crippen molar-refractivity contribution < 1.29 is 9.59 Å². The van der Waals surface area contributed by atoms with Gasteiger partial charge in [0.2, 0.25) is 0 Å². The molecule has 1 aliphatic heterocycles. The van der Waals surface area contributed by atoms with E-state index in [0.717, 1.165) is 32.4 Å². The topological polar surface area (TPSA) is 50.3 Å². The third-order valence-corrected chi connectivity index (χ3v) is 4.36. The van der Waals surface area contributed by atoms with Gasteiger partial charge in [-0.2, -0.15) is 0 Å². The summed E-state index contributed by atoms with van der Waals surface area (Å²) in [5.74, 6) is -0.191. The average molecular weight is 329 g/mol. The van der Waals surface area contributed by atoms with Crippen molar-refractivity contribution in [1.29, 1.82) is 0 Å². The van der Waals surface area contributed by atoms with E-state index in [-0.39, 0.29) is 11.7 Å². The highest BCUT2D eigenvalue weighted by atomic mass is 35.5. The Labute approximate surface area is 140 Å². The quantitative estimate of drug-likeness (QED) is 0.809. The summed E-state index contributed by atoms with van der Waals surface area (Å²) in [6, 6.07) is 8.19. The van der Waals surface area contributed by atoms with Crippen LogP contribution in [0.3, 0.4) is 0 Å². The number of pyridine rings is 1. The lowest BCUT2D eigenvalue weighted by Gasteiger charge is -2.27. The minimum absolute atomic E-state index is 0.0578. The largest absolute Gasteiger partial charge is 0.339 e. The molecule has 1 aromatic carbocycles. The second-order valence-electron chi connectivity index (χ2n) is 5.61. The lowest BCUT2D eigenvalue weighted by molar-refractivity contribution is 0.0724. The van der Waals surface area contributed by atoms with Gasteiger partial charge in [0.1, 0.15) is 0 Å². The predicted molar refractivity (Wildman–Crippen MR) is 88.9 cm³/mol. The molecule has 5 heteroatoms. The molecule has 0 unspecified atom stereocenters. The van der Waals surface area contributed by atoms with Gasteiger partial charge in [-0.25, -0.2) is 0 Å². The van der Waals surface area contributed by atoms with Crippen molar-refractivity contribution in [3.63, 3.8) is 0 Å². The molecule has 4 nitrogen and oxygen atoms in total. The summed E-state index contributed by atoms with van der Waals surface area (Å²) in [4.78, 5) is 30.6. The molecule has 0 saturated carbocycles. The van der Waals surface area contributed by atoms with E-state index in [1.54, 1.807) is 42.7 Å². The van der Waals surface area contributed by atoms with E-state index >= 15 is 0 Å². The first kappa shape index (κ1) is 15.7. The molecule has 1 fully saturated rings. The van der Waals surface area contributed by atoms with Crippen LogP contribution < -0.4 is 0 Å². The number of nitrogens with zero attached hydrogens (tertiary/aromatic N) is 2. The number of benzene rings is 1. The van der Waals surface area contributed by atoms with Crippen LogP contribution in [0.4, 0.5) is 0 Å². The molecule has 0 aliphatic carbocycles. The van der Waals surface area contributed by atoms with Crippen molar-refractivity contribution in [3.8, 4) is 0 Å². The molecule has 2 aromatic rings. The number of carbonyl (C=O) groups excluding carboxylic acids is 2. The molecular weight excluding hydrogens is 312 g/mol. The van der Waals surface area contributed by atoms with Crippen molar-refractivity contribution in [1.82, 2.24) is 9.88 Å². The van der Waals surface area contributed by atoms with Gasteiger partial charge in [0, 0.05) is 36.6 Å². The van der Waals surface area contributed by atoms with Gasteiger partial charge in [0.15, 0.2) is 5.78 Å². The summed E-state index contributed by atoms with van der Waals surface area (Å²) >= 11 is 6.26. The molecule has 1 aliphatic rings. The maximum Gasteiger partial charge on any atom is 0.255 e. The number of ketones is 1. The molecule has 3 rings (SSSR count). The zero-order valence-corrected chi connectivity index (χ0v) is 13.4. The normalized spacial score (nSPS) is 14.6. The van der Waals surface area contributed by atoms with Crippen molar-refractivity contribution in [2.24, 2.45) is 0 Å². The van der Waals surface area contributed by atoms with Crippen molar-refractivity contribution in [2.45, 2.75) is 19.3 Å². The van der Waals surface area contributed by atoms with Gasteiger partial charge in [-0.3, -0.25) is 14.6 Å². The molecule has 1 aromatic heterocycles. The van der Waals surface area contributed by atoms with Crippen LogP contribution in [0.15, 0.2) is 42.7 Å². The highest BCUT2D eigenvalue weighted by Crippen LogP contribution is 2.23. The smallest absolute Gasteiger partial charge is 0.255 e. The van der Waals surface area contributed by atoms with Crippen LogP contribution in [0.5, 0.6) is 0 Å². The van der Waals surface area contributed by atoms with Crippen LogP contribution in [0.2, 0.25) is 5.02 Å². The Bertz CT molecular complexity index is 725. The number of rotatable bonds is 3. The fourth-order valence-corrected chi connectivity index (χ4v) is 3.03. The highest BCUT2D eigenvalue weighted by Gasteiger charge is 2.21. The lowest BCUT2D eigenvalue weighted by atomic mass is 10.0. The number of halogens is 1. The molecule has 0 radical (unpaired) electrons. The van der Waals surface area contributed by atoms with Crippen molar-refractivity contribution in [2.75, 3.05) is 13.1 Å². The minimum atomic E-state index is -0.133. The first-order valence-electron chi connectivity index (χ1n) is 7.70. The number of piperidine rings is 1. The first-order chi connectivity index (χ1) is 11.2. The number of likely N-dealkylation sites (tertiary alicyclic amines) is 1. The number of hydrogen-bond acceptors (Lipinski definition) is 3. The van der Waals surface area contributed by atoms with E-state index in [2.05, 4.69) is 4.98 Å². The van der Waals surface area contributed by atoms with Crippen molar-refractivity contribution in [3.05, 3.63) is 64.4 Å². The number of carbonyl (C=O) groups is 2. The predicted octanol–water partition coefficient (Wildman–Crippen LogP) is 3.59. The van der Waals surface area contributed by atoms with Crippen LogP contribution in [-0.4, -0.2) is 34.7 Å². The fourth-order valence-electron chi connectivity index (χ4n) is 2.77. The fraction of sp³-hybridized carbons (Fsp3) is 0.278. The molecule has 2 heterocycles. The molecule has 1 amide bonds. The van der Waals surface area contributed by atoms with Crippen LogP contribution in [0.1, 0.15) is 45.5 Å². The Morgan fingerprint density at radius 2 is 1.65 bits per heavy atom. The molecule has 1 saturated heterocycles. The van der Waals surface area contributed by atoms with Gasteiger partial charge in [-0.05, 0) is 43.5 Å². The van der Waals surface area contributed by atoms with E-state index in [4.69, 9.17) is 11.6 Å². The monoisotopic (exact) mass is 328 g/mol. The van der Waals surface area contributed by atoms with E-state index in [9.17, 15) is 9.59 Å². The molecule has 118 valence electrons. The van der Waals surface area contributed by atoms with Crippen LogP contribution >= 0.6 is 11.6 Å². The van der Waals surface area contributed by atoms with Gasteiger partial charge >= 0.3 is 0 Å². The SMILES string of the molecule is O=C(c1ccncc1)c1ccc(C(=O)N2CCCCC2)c(Cl)c1. The van der Waals surface area contributed by atoms with Gasteiger partial charge in [0.25, 0.3) is 5.91 Å². The zero-order valence-electron chi connectivity index (χ0n) is 12.7. The molecule has 0 bridgehead atoms. The highest BCUT2D eigenvalue weighted by molar-refractivity contribution is 6.34. The van der Waals surface area contributed by atoms with Gasteiger partial charge in [0.05, 0.1) is 10.6 Å². The number of amides is 1. The summed E-state index contributed by atoms with van der Waals surface area (Å²) < 4.78 is 0. The number of aromatic nitrogens is 1. The summed E-state index contributed by atoms with van der Waals surface area (Å²) in [7, 11) is 0. The summed E-state index contributed by atoms with van der Waals surface area (Å²) in [5.41, 5.74) is 1.47. The summed E-state index contributed by atoms with van der Waals surface area (Å²) in [5, 5.41) is 0.320. The molecule has 0 N–H and O–H groups in total. The van der Waals surface area contributed by atoms with Crippen LogP contribution in [0.25, 0.3) is 0 Å². The third-order valence-electron chi connectivity index (χ3n) is 4.05. The van der Waals surface area contributed by atoms with Crippen molar-refractivity contribution >= 4 is 23.3 Å². The molecule has 0 atom stereocenters. The van der Waals surface area contributed by atoms with E-state index in [1.165, 1.54) is 0 Å². The van der Waals surface area contributed by atoms with Gasteiger partial charge in [-0.1, -0.05) is 17.7 Å². The molecule has 23 heavy (non-hydrogen) atoms. The molecule has 0 spiro atoms. The Kier molecular flexibility index (Phi) is 4.72. The van der Waals surface area contributed by atoms with Crippen LogP contribution in [-0.2, 0) is 0 Å². The second kappa shape index (κ2) is 6.92. The number of hydrogen-bond donors (Lipinski definition) is 0. The van der Waals surface area contributed by atoms with E-state index in [1.807, 2.05) is 4.90 Å². The Morgan fingerprint density at radius 3 is 2.30 bits per heavy atom. The van der Waals surface area contributed by atoms with Gasteiger partial charge < -0.3 is 4.90 Å². The maximum absolute atomic E-state index is 12.5. The van der Waals surface area contributed by atoms with E-state index < -0.39 is 0 Å². The standard InChI is InChI=1S/C18H17ClN2O2/c19-16-12-14(17(22)13-6-8-20-9-7-13)4-5-15(16)18(23)21-10-2-1-3-11-21/h4-9,12H,1-3,10-11H2.